The molecule has 1 fully saturated rings. The Kier molecular flexibility index (Phi) is 5.48. The van der Waals surface area contributed by atoms with E-state index in [1.807, 2.05) is 18.2 Å². The Morgan fingerprint density at radius 3 is 2.57 bits per heavy atom. The molecule has 1 aliphatic heterocycles. The molecule has 0 saturated carbocycles. The highest BCUT2D eigenvalue weighted by Gasteiger charge is 2.30. The van der Waals surface area contributed by atoms with E-state index in [9.17, 15) is 5.11 Å². The van der Waals surface area contributed by atoms with Crippen molar-refractivity contribution in [3.8, 4) is 11.5 Å². The van der Waals surface area contributed by atoms with Crippen molar-refractivity contribution < 1.29 is 14.6 Å². The van der Waals surface area contributed by atoms with Crippen LogP contribution in [0.2, 0.25) is 0 Å². The normalized spacial score (nSPS) is 24.0. The van der Waals surface area contributed by atoms with E-state index in [0.717, 1.165) is 12.0 Å². The average molecular weight is 293 g/mol. The van der Waals surface area contributed by atoms with Crippen LogP contribution < -0.4 is 9.47 Å². The number of hydrogen-bond donors (Lipinski definition) is 1. The fourth-order valence-electron chi connectivity index (χ4n) is 3.26. The summed E-state index contributed by atoms with van der Waals surface area (Å²) < 4.78 is 10.5. The number of nitrogens with zero attached hydrogens (tertiary/aromatic N) is 1. The van der Waals surface area contributed by atoms with E-state index < -0.39 is 6.10 Å². The van der Waals surface area contributed by atoms with Crippen molar-refractivity contribution in [2.24, 2.45) is 0 Å². The van der Waals surface area contributed by atoms with E-state index in [2.05, 4.69) is 18.7 Å². The second-order valence-corrected chi connectivity index (χ2v) is 5.82. The summed E-state index contributed by atoms with van der Waals surface area (Å²) in [5, 5.41) is 10.6. The average Bonchev–Trinajstić information content (AvgIpc) is 2.86. The van der Waals surface area contributed by atoms with Gasteiger partial charge in [0.2, 0.25) is 0 Å². The molecular weight excluding hydrogens is 266 g/mol. The van der Waals surface area contributed by atoms with E-state index >= 15 is 0 Å². The molecule has 2 rings (SSSR count). The van der Waals surface area contributed by atoms with E-state index in [1.54, 1.807) is 14.2 Å². The van der Waals surface area contributed by atoms with E-state index in [-0.39, 0.29) is 0 Å². The Morgan fingerprint density at radius 2 is 1.95 bits per heavy atom. The highest BCUT2D eigenvalue weighted by atomic mass is 16.5. The minimum absolute atomic E-state index is 0.501. The first-order valence-corrected chi connectivity index (χ1v) is 7.76. The van der Waals surface area contributed by atoms with Gasteiger partial charge in [-0.05, 0) is 43.9 Å². The number of aliphatic hydroxyl groups excluding tert-OH is 1. The number of β-amino-alcohol motifs (C(OH)–C–C–N with tert-alkyl or cyclic N) is 1. The third-order valence-corrected chi connectivity index (χ3v) is 4.60. The molecule has 0 aliphatic carbocycles. The lowest BCUT2D eigenvalue weighted by Crippen LogP contribution is -2.37. The SMILES string of the molecule is CCC1CCC(C)N1CC(O)c1ccc(OC)c(OC)c1. The van der Waals surface area contributed by atoms with Gasteiger partial charge in [0.25, 0.3) is 0 Å². The van der Waals surface area contributed by atoms with E-state index in [0.29, 0.717) is 30.1 Å². The summed E-state index contributed by atoms with van der Waals surface area (Å²) >= 11 is 0. The summed E-state index contributed by atoms with van der Waals surface area (Å²) in [5.74, 6) is 1.35. The van der Waals surface area contributed by atoms with Gasteiger partial charge >= 0.3 is 0 Å². The largest absolute Gasteiger partial charge is 0.493 e. The van der Waals surface area contributed by atoms with E-state index in [4.69, 9.17) is 9.47 Å². The van der Waals surface area contributed by atoms with Gasteiger partial charge in [-0.3, -0.25) is 4.90 Å². The van der Waals surface area contributed by atoms with Gasteiger partial charge in [0.1, 0.15) is 0 Å². The first-order chi connectivity index (χ1) is 10.1. The number of likely N-dealkylation sites (tertiary alicyclic amines) is 1. The predicted molar refractivity (Wildman–Crippen MR) is 84.0 cm³/mol. The summed E-state index contributed by atoms with van der Waals surface area (Å²) in [6.07, 6.45) is 3.09. The van der Waals surface area contributed by atoms with Crippen LogP contribution in [0.15, 0.2) is 18.2 Å². The first kappa shape index (κ1) is 16.1. The molecule has 118 valence electrons. The zero-order valence-corrected chi connectivity index (χ0v) is 13.5. The van der Waals surface area contributed by atoms with Crippen molar-refractivity contribution in [1.82, 2.24) is 4.90 Å². The second kappa shape index (κ2) is 7.14. The molecule has 3 atom stereocenters. The highest BCUT2D eigenvalue weighted by molar-refractivity contribution is 5.43. The maximum absolute atomic E-state index is 10.6. The van der Waals surface area contributed by atoms with Gasteiger partial charge in [0.15, 0.2) is 11.5 Å². The molecule has 0 amide bonds. The molecule has 1 aromatic rings. The lowest BCUT2D eigenvalue weighted by Gasteiger charge is -2.30. The van der Waals surface area contributed by atoms with Crippen molar-refractivity contribution >= 4 is 0 Å². The topological polar surface area (TPSA) is 41.9 Å². The third kappa shape index (κ3) is 3.50. The molecule has 1 heterocycles. The van der Waals surface area contributed by atoms with Gasteiger partial charge in [-0.1, -0.05) is 13.0 Å². The van der Waals surface area contributed by atoms with Crippen LogP contribution in [0.5, 0.6) is 11.5 Å². The summed E-state index contributed by atoms with van der Waals surface area (Å²) in [5.41, 5.74) is 0.876. The van der Waals surface area contributed by atoms with Crippen LogP contribution >= 0.6 is 0 Å². The minimum atomic E-state index is -0.501. The molecule has 0 bridgehead atoms. The van der Waals surface area contributed by atoms with Crippen LogP contribution in [-0.2, 0) is 0 Å². The van der Waals surface area contributed by atoms with Crippen LogP contribution in [0.4, 0.5) is 0 Å². The molecule has 0 radical (unpaired) electrons. The smallest absolute Gasteiger partial charge is 0.161 e. The number of hydrogen-bond acceptors (Lipinski definition) is 4. The number of methoxy groups -OCH3 is 2. The summed E-state index contributed by atoms with van der Waals surface area (Å²) in [6, 6.07) is 6.76. The Balaban J connectivity index is 2.11. The number of benzene rings is 1. The Labute approximate surface area is 127 Å². The monoisotopic (exact) mass is 293 g/mol. The van der Waals surface area contributed by atoms with Crippen molar-refractivity contribution in [2.45, 2.75) is 51.3 Å². The van der Waals surface area contributed by atoms with Crippen molar-refractivity contribution in [1.29, 1.82) is 0 Å². The minimum Gasteiger partial charge on any atom is -0.493 e. The second-order valence-electron chi connectivity index (χ2n) is 5.82. The Hall–Kier alpha value is -1.26. The fourth-order valence-corrected chi connectivity index (χ4v) is 3.26. The van der Waals surface area contributed by atoms with Crippen LogP contribution in [0.3, 0.4) is 0 Å². The zero-order chi connectivity index (χ0) is 15.4. The Morgan fingerprint density at radius 1 is 1.24 bits per heavy atom. The van der Waals surface area contributed by atoms with Gasteiger partial charge in [-0.2, -0.15) is 0 Å². The first-order valence-electron chi connectivity index (χ1n) is 7.76. The molecule has 21 heavy (non-hydrogen) atoms. The van der Waals surface area contributed by atoms with Crippen LogP contribution in [0, 0.1) is 0 Å². The maximum atomic E-state index is 10.6. The van der Waals surface area contributed by atoms with Crippen LogP contribution in [0.25, 0.3) is 0 Å². The van der Waals surface area contributed by atoms with Crippen molar-refractivity contribution in [3.05, 3.63) is 23.8 Å². The van der Waals surface area contributed by atoms with Gasteiger partial charge in [0.05, 0.1) is 20.3 Å². The number of ether oxygens (including phenoxy) is 2. The molecule has 0 aromatic heterocycles. The van der Waals surface area contributed by atoms with Gasteiger partial charge < -0.3 is 14.6 Å². The van der Waals surface area contributed by atoms with Crippen LogP contribution in [-0.4, -0.2) is 42.9 Å². The summed E-state index contributed by atoms with van der Waals surface area (Å²) in [7, 11) is 3.23. The quantitative estimate of drug-likeness (QED) is 0.875. The molecule has 4 heteroatoms. The molecule has 1 aromatic carbocycles. The lowest BCUT2D eigenvalue weighted by atomic mass is 10.1. The van der Waals surface area contributed by atoms with Gasteiger partial charge in [0, 0.05) is 18.6 Å². The number of rotatable bonds is 6. The standard InChI is InChI=1S/C17H27NO3/c1-5-14-8-6-12(2)18(14)11-15(19)13-7-9-16(20-3)17(10-13)21-4/h7,9-10,12,14-15,19H,5-6,8,11H2,1-4H3. The summed E-state index contributed by atoms with van der Waals surface area (Å²) in [4.78, 5) is 2.43. The maximum Gasteiger partial charge on any atom is 0.161 e. The molecule has 1 saturated heterocycles. The molecule has 1 aliphatic rings. The third-order valence-electron chi connectivity index (χ3n) is 4.60. The van der Waals surface area contributed by atoms with Crippen LogP contribution in [0.1, 0.15) is 44.8 Å². The molecule has 3 unspecified atom stereocenters. The van der Waals surface area contributed by atoms with Gasteiger partial charge in [-0.25, -0.2) is 0 Å². The zero-order valence-electron chi connectivity index (χ0n) is 13.5. The molecule has 0 spiro atoms. The van der Waals surface area contributed by atoms with Crippen molar-refractivity contribution in [3.63, 3.8) is 0 Å². The molecule has 4 nitrogen and oxygen atoms in total. The molecule has 1 N–H and O–H groups in total. The summed E-state index contributed by atoms with van der Waals surface area (Å²) in [6.45, 7) is 5.14. The fraction of sp³-hybridized carbons (Fsp3) is 0.647. The van der Waals surface area contributed by atoms with E-state index in [1.165, 1.54) is 12.8 Å². The Bertz CT molecular complexity index is 463. The predicted octanol–water partition coefficient (Wildman–Crippen LogP) is 3.00. The molecular formula is C17H27NO3. The lowest BCUT2D eigenvalue weighted by molar-refractivity contribution is 0.0858. The number of aliphatic hydroxyl groups is 1. The highest BCUT2D eigenvalue weighted by Crippen LogP contribution is 2.32. The van der Waals surface area contributed by atoms with Crippen molar-refractivity contribution in [2.75, 3.05) is 20.8 Å². The van der Waals surface area contributed by atoms with Gasteiger partial charge in [-0.15, -0.1) is 0 Å².